The zero-order valence-electron chi connectivity index (χ0n) is 16.1. The highest BCUT2D eigenvalue weighted by molar-refractivity contribution is 5.76. The standard InChI is InChI=1S/C23H31N3O/c24-22(21-8-4-3-5-9-21)16-23(27)25-17-19-10-12-20(13-11-19)18-26-14-6-1-2-7-15-26/h3-5,8-13,22H,1-2,6-7,14-18,24H2,(H,25,27). The summed E-state index contributed by atoms with van der Waals surface area (Å²) in [6, 6.07) is 18.1. The molecule has 4 nitrogen and oxygen atoms in total. The normalized spacial score (nSPS) is 16.5. The number of rotatable bonds is 7. The summed E-state index contributed by atoms with van der Waals surface area (Å²) in [5, 5.41) is 2.98. The second-order valence-corrected chi connectivity index (χ2v) is 7.50. The molecule has 1 unspecified atom stereocenters. The van der Waals surface area contributed by atoms with Crippen LogP contribution in [0.4, 0.5) is 0 Å². The lowest BCUT2D eigenvalue weighted by atomic mass is 10.0. The Labute approximate surface area is 162 Å². The number of amides is 1. The first-order valence-electron chi connectivity index (χ1n) is 10.1. The molecule has 0 radical (unpaired) electrons. The van der Waals surface area contributed by atoms with Crippen LogP contribution < -0.4 is 11.1 Å². The van der Waals surface area contributed by atoms with Gasteiger partial charge in [-0.25, -0.2) is 0 Å². The average Bonchev–Trinajstić information content (AvgIpc) is 2.97. The van der Waals surface area contributed by atoms with Gasteiger partial charge in [-0.05, 0) is 42.6 Å². The number of likely N-dealkylation sites (tertiary alicyclic amines) is 1. The lowest BCUT2D eigenvalue weighted by Crippen LogP contribution is -2.27. The van der Waals surface area contributed by atoms with Crippen molar-refractivity contribution in [2.45, 2.75) is 51.2 Å². The minimum Gasteiger partial charge on any atom is -0.352 e. The molecule has 1 amide bonds. The van der Waals surface area contributed by atoms with Crippen molar-refractivity contribution in [3.63, 3.8) is 0 Å². The Morgan fingerprint density at radius 2 is 1.56 bits per heavy atom. The molecule has 0 bridgehead atoms. The molecule has 0 spiro atoms. The fourth-order valence-corrected chi connectivity index (χ4v) is 3.61. The molecule has 0 saturated carbocycles. The lowest BCUT2D eigenvalue weighted by Gasteiger charge is -2.19. The van der Waals surface area contributed by atoms with E-state index < -0.39 is 0 Å². The summed E-state index contributed by atoms with van der Waals surface area (Å²) in [5.41, 5.74) is 9.58. The van der Waals surface area contributed by atoms with Gasteiger partial charge in [-0.15, -0.1) is 0 Å². The van der Waals surface area contributed by atoms with E-state index in [1.165, 1.54) is 44.3 Å². The van der Waals surface area contributed by atoms with Crippen LogP contribution in [0.15, 0.2) is 54.6 Å². The Hall–Kier alpha value is -2.17. The van der Waals surface area contributed by atoms with Gasteiger partial charge in [0.05, 0.1) is 0 Å². The van der Waals surface area contributed by atoms with Crippen LogP contribution in [-0.2, 0) is 17.9 Å². The summed E-state index contributed by atoms with van der Waals surface area (Å²) in [4.78, 5) is 14.7. The largest absolute Gasteiger partial charge is 0.352 e. The number of nitrogens with one attached hydrogen (secondary N) is 1. The van der Waals surface area contributed by atoms with Gasteiger partial charge in [0.1, 0.15) is 0 Å². The lowest BCUT2D eigenvalue weighted by molar-refractivity contribution is -0.121. The maximum Gasteiger partial charge on any atom is 0.222 e. The van der Waals surface area contributed by atoms with Crippen LogP contribution in [-0.4, -0.2) is 23.9 Å². The third-order valence-electron chi connectivity index (χ3n) is 5.25. The second-order valence-electron chi connectivity index (χ2n) is 7.50. The number of benzene rings is 2. The first-order valence-corrected chi connectivity index (χ1v) is 10.1. The minimum atomic E-state index is -0.262. The third-order valence-corrected chi connectivity index (χ3v) is 5.25. The van der Waals surface area contributed by atoms with E-state index in [4.69, 9.17) is 5.73 Å². The summed E-state index contributed by atoms with van der Waals surface area (Å²) < 4.78 is 0. The quantitative estimate of drug-likeness (QED) is 0.785. The summed E-state index contributed by atoms with van der Waals surface area (Å²) in [7, 11) is 0. The monoisotopic (exact) mass is 365 g/mol. The van der Waals surface area contributed by atoms with Crippen molar-refractivity contribution < 1.29 is 4.79 Å². The molecule has 0 aromatic heterocycles. The molecule has 144 valence electrons. The zero-order chi connectivity index (χ0) is 18.9. The SMILES string of the molecule is NC(CC(=O)NCc1ccc(CN2CCCCCC2)cc1)c1ccccc1. The molecular weight excluding hydrogens is 334 g/mol. The van der Waals surface area contributed by atoms with Gasteiger partial charge in [0.25, 0.3) is 0 Å². The third kappa shape index (κ3) is 6.49. The molecule has 4 heteroatoms. The Morgan fingerprint density at radius 3 is 2.22 bits per heavy atom. The minimum absolute atomic E-state index is 0.0139. The molecule has 1 aliphatic heterocycles. The summed E-state index contributed by atoms with van der Waals surface area (Å²) in [5.74, 6) is -0.0139. The number of hydrogen-bond acceptors (Lipinski definition) is 3. The molecule has 1 saturated heterocycles. The maximum absolute atomic E-state index is 12.2. The predicted molar refractivity (Wildman–Crippen MR) is 110 cm³/mol. The van der Waals surface area contributed by atoms with E-state index in [2.05, 4.69) is 34.5 Å². The molecule has 2 aromatic rings. The van der Waals surface area contributed by atoms with Crippen LogP contribution in [0.25, 0.3) is 0 Å². The molecule has 1 atom stereocenters. The highest BCUT2D eigenvalue weighted by Gasteiger charge is 2.12. The molecule has 3 rings (SSSR count). The van der Waals surface area contributed by atoms with E-state index in [1.54, 1.807) is 0 Å². The van der Waals surface area contributed by atoms with Gasteiger partial charge in [0, 0.05) is 25.6 Å². The zero-order valence-corrected chi connectivity index (χ0v) is 16.1. The van der Waals surface area contributed by atoms with Crippen LogP contribution in [0.1, 0.15) is 54.8 Å². The Morgan fingerprint density at radius 1 is 0.926 bits per heavy atom. The Kier molecular flexibility index (Phi) is 7.43. The first kappa shape index (κ1) is 19.6. The van der Waals surface area contributed by atoms with Gasteiger partial charge in [-0.2, -0.15) is 0 Å². The highest BCUT2D eigenvalue weighted by atomic mass is 16.1. The van der Waals surface area contributed by atoms with E-state index >= 15 is 0 Å². The number of carbonyl (C=O) groups is 1. The van der Waals surface area contributed by atoms with Crippen LogP contribution in [0.2, 0.25) is 0 Å². The molecule has 1 heterocycles. The van der Waals surface area contributed by atoms with Crippen molar-refractivity contribution in [1.82, 2.24) is 10.2 Å². The second kappa shape index (κ2) is 10.2. The highest BCUT2D eigenvalue weighted by Crippen LogP contribution is 2.15. The molecule has 27 heavy (non-hydrogen) atoms. The smallest absolute Gasteiger partial charge is 0.222 e. The molecule has 2 aromatic carbocycles. The summed E-state index contributed by atoms with van der Waals surface area (Å²) >= 11 is 0. The van der Waals surface area contributed by atoms with E-state index in [1.807, 2.05) is 30.3 Å². The van der Waals surface area contributed by atoms with Crippen molar-refractivity contribution in [3.8, 4) is 0 Å². The number of carbonyl (C=O) groups excluding carboxylic acids is 1. The molecule has 1 aliphatic rings. The van der Waals surface area contributed by atoms with Crippen molar-refractivity contribution in [2.24, 2.45) is 5.73 Å². The topological polar surface area (TPSA) is 58.4 Å². The molecule has 3 N–H and O–H groups in total. The fraction of sp³-hybridized carbons (Fsp3) is 0.435. The van der Waals surface area contributed by atoms with Crippen LogP contribution in [0.3, 0.4) is 0 Å². The van der Waals surface area contributed by atoms with Crippen LogP contribution in [0.5, 0.6) is 0 Å². The van der Waals surface area contributed by atoms with Gasteiger partial charge < -0.3 is 11.1 Å². The summed E-state index contributed by atoms with van der Waals surface area (Å²) in [6.07, 6.45) is 5.66. The fourth-order valence-electron chi connectivity index (χ4n) is 3.61. The summed E-state index contributed by atoms with van der Waals surface area (Å²) in [6.45, 7) is 3.99. The molecule has 0 aliphatic carbocycles. The van der Waals surface area contributed by atoms with Gasteiger partial charge >= 0.3 is 0 Å². The van der Waals surface area contributed by atoms with Gasteiger partial charge in [0.2, 0.25) is 5.91 Å². The number of hydrogen-bond donors (Lipinski definition) is 2. The van der Waals surface area contributed by atoms with Crippen molar-refractivity contribution >= 4 is 5.91 Å². The van der Waals surface area contributed by atoms with E-state index in [9.17, 15) is 4.79 Å². The maximum atomic E-state index is 12.2. The van der Waals surface area contributed by atoms with Gasteiger partial charge in [0.15, 0.2) is 0 Å². The molecule has 1 fully saturated rings. The first-order chi connectivity index (χ1) is 13.2. The number of nitrogens with two attached hydrogens (primary N) is 1. The van der Waals surface area contributed by atoms with Crippen LogP contribution in [0, 0.1) is 0 Å². The van der Waals surface area contributed by atoms with Crippen LogP contribution >= 0.6 is 0 Å². The number of nitrogens with zero attached hydrogens (tertiary/aromatic N) is 1. The Bertz CT molecular complexity index is 691. The Balaban J connectivity index is 1.43. The molecular formula is C23H31N3O. The van der Waals surface area contributed by atoms with Gasteiger partial charge in [-0.1, -0.05) is 67.4 Å². The van der Waals surface area contributed by atoms with Gasteiger partial charge in [-0.3, -0.25) is 9.69 Å². The van der Waals surface area contributed by atoms with E-state index in [0.717, 1.165) is 17.7 Å². The van der Waals surface area contributed by atoms with Crippen molar-refractivity contribution in [3.05, 3.63) is 71.3 Å². The van der Waals surface area contributed by atoms with E-state index in [-0.39, 0.29) is 11.9 Å². The predicted octanol–water partition coefficient (Wildman–Crippen LogP) is 3.77. The van der Waals surface area contributed by atoms with Crippen molar-refractivity contribution in [2.75, 3.05) is 13.1 Å². The van der Waals surface area contributed by atoms with E-state index in [0.29, 0.717) is 13.0 Å². The average molecular weight is 366 g/mol. The van der Waals surface area contributed by atoms with Crippen molar-refractivity contribution in [1.29, 1.82) is 0 Å².